The molecule has 0 saturated carbocycles. The highest BCUT2D eigenvalue weighted by molar-refractivity contribution is 5.27. The Balaban J connectivity index is 1.72. The summed E-state index contributed by atoms with van der Waals surface area (Å²) in [6.45, 7) is 6.24. The molecule has 1 aromatic heterocycles. The summed E-state index contributed by atoms with van der Waals surface area (Å²) in [6, 6.07) is 11.2. The van der Waals surface area contributed by atoms with Gasteiger partial charge in [0.25, 0.3) is 0 Å². The van der Waals surface area contributed by atoms with Gasteiger partial charge in [0, 0.05) is 19.8 Å². The summed E-state index contributed by atoms with van der Waals surface area (Å²) >= 11 is 0. The molecule has 1 aromatic carbocycles. The Morgan fingerprint density at radius 3 is 2.58 bits per heavy atom. The molecule has 0 amide bonds. The van der Waals surface area contributed by atoms with E-state index in [2.05, 4.69) is 60.4 Å². The maximum absolute atomic E-state index is 5.75. The lowest BCUT2D eigenvalue weighted by Gasteiger charge is -2.28. The SMILES string of the molecule is CC(C)Oc1ccc(CN2CCCCCC2c2ccn(C)n2)cc1. The van der Waals surface area contributed by atoms with E-state index in [0.29, 0.717) is 6.04 Å². The summed E-state index contributed by atoms with van der Waals surface area (Å²) in [5.74, 6) is 0.950. The van der Waals surface area contributed by atoms with Gasteiger partial charge in [-0.3, -0.25) is 9.58 Å². The van der Waals surface area contributed by atoms with Crippen LogP contribution in [0.3, 0.4) is 0 Å². The summed E-state index contributed by atoms with van der Waals surface area (Å²) in [5.41, 5.74) is 2.55. The minimum Gasteiger partial charge on any atom is -0.491 e. The van der Waals surface area contributed by atoms with Crippen LogP contribution in [0, 0.1) is 0 Å². The van der Waals surface area contributed by atoms with Crippen LogP contribution in [0.1, 0.15) is 56.8 Å². The molecule has 0 aliphatic carbocycles. The molecular weight excluding hydrogens is 298 g/mol. The van der Waals surface area contributed by atoms with Crippen LogP contribution in [-0.2, 0) is 13.6 Å². The third kappa shape index (κ3) is 4.38. The van der Waals surface area contributed by atoms with Crippen molar-refractivity contribution in [2.24, 2.45) is 7.05 Å². The van der Waals surface area contributed by atoms with Crippen LogP contribution in [0.4, 0.5) is 0 Å². The molecule has 1 atom stereocenters. The van der Waals surface area contributed by atoms with Crippen molar-refractivity contribution in [3.63, 3.8) is 0 Å². The van der Waals surface area contributed by atoms with Crippen LogP contribution in [0.25, 0.3) is 0 Å². The zero-order valence-electron chi connectivity index (χ0n) is 15.1. The van der Waals surface area contributed by atoms with Crippen molar-refractivity contribution in [3.05, 3.63) is 47.8 Å². The largest absolute Gasteiger partial charge is 0.491 e. The average molecular weight is 327 g/mol. The molecule has 1 aliphatic rings. The molecule has 0 bridgehead atoms. The molecule has 1 fully saturated rings. The zero-order valence-corrected chi connectivity index (χ0v) is 15.1. The first kappa shape index (κ1) is 17.0. The van der Waals surface area contributed by atoms with Gasteiger partial charge in [-0.2, -0.15) is 5.10 Å². The lowest BCUT2D eigenvalue weighted by molar-refractivity contribution is 0.188. The Labute approximate surface area is 145 Å². The fourth-order valence-corrected chi connectivity index (χ4v) is 3.48. The predicted molar refractivity (Wildman–Crippen MR) is 97.0 cm³/mol. The van der Waals surface area contributed by atoms with Crippen molar-refractivity contribution < 1.29 is 4.74 Å². The van der Waals surface area contributed by atoms with Gasteiger partial charge in [-0.1, -0.05) is 25.0 Å². The molecule has 2 aromatic rings. The van der Waals surface area contributed by atoms with Crippen LogP contribution in [0.5, 0.6) is 5.75 Å². The van der Waals surface area contributed by atoms with Crippen molar-refractivity contribution >= 4 is 0 Å². The number of aryl methyl sites for hydroxylation is 1. The third-order valence-electron chi connectivity index (χ3n) is 4.62. The molecule has 1 saturated heterocycles. The van der Waals surface area contributed by atoms with Gasteiger partial charge >= 0.3 is 0 Å². The van der Waals surface area contributed by atoms with Crippen LogP contribution in [0.15, 0.2) is 36.5 Å². The minimum absolute atomic E-state index is 0.218. The Bertz CT molecular complexity index is 633. The number of nitrogens with zero attached hydrogens (tertiary/aromatic N) is 3. The standard InChI is InChI=1S/C20H29N3O/c1-16(2)24-18-10-8-17(9-11-18)15-23-13-6-4-5-7-20(23)19-12-14-22(3)21-19/h8-12,14,16,20H,4-7,13,15H2,1-3H3. The normalized spacial score (nSPS) is 19.4. The maximum Gasteiger partial charge on any atom is 0.119 e. The van der Waals surface area contributed by atoms with Crippen molar-refractivity contribution in [1.82, 2.24) is 14.7 Å². The zero-order chi connectivity index (χ0) is 16.9. The second-order valence-electron chi connectivity index (χ2n) is 7.06. The molecule has 24 heavy (non-hydrogen) atoms. The Morgan fingerprint density at radius 2 is 1.92 bits per heavy atom. The van der Waals surface area contributed by atoms with Crippen LogP contribution >= 0.6 is 0 Å². The second kappa shape index (κ2) is 7.84. The number of hydrogen-bond donors (Lipinski definition) is 0. The van der Waals surface area contributed by atoms with Gasteiger partial charge in [0.05, 0.1) is 17.8 Å². The van der Waals surface area contributed by atoms with Crippen molar-refractivity contribution in [2.45, 2.75) is 58.2 Å². The molecule has 3 rings (SSSR count). The summed E-state index contributed by atoms with van der Waals surface area (Å²) in [6.07, 6.45) is 7.36. The van der Waals surface area contributed by atoms with Crippen molar-refractivity contribution in [1.29, 1.82) is 0 Å². The molecule has 4 heteroatoms. The van der Waals surface area contributed by atoms with E-state index in [-0.39, 0.29) is 6.10 Å². The molecule has 0 radical (unpaired) electrons. The number of benzene rings is 1. The second-order valence-corrected chi connectivity index (χ2v) is 7.06. The van der Waals surface area contributed by atoms with Crippen molar-refractivity contribution in [3.8, 4) is 5.75 Å². The van der Waals surface area contributed by atoms with E-state index >= 15 is 0 Å². The molecule has 0 spiro atoms. The first-order chi connectivity index (χ1) is 11.6. The minimum atomic E-state index is 0.218. The van der Waals surface area contributed by atoms with E-state index < -0.39 is 0 Å². The number of likely N-dealkylation sites (tertiary alicyclic amines) is 1. The number of hydrogen-bond acceptors (Lipinski definition) is 3. The van der Waals surface area contributed by atoms with Crippen LogP contribution in [0.2, 0.25) is 0 Å². The number of ether oxygens (including phenoxy) is 1. The van der Waals surface area contributed by atoms with Gasteiger partial charge in [0.15, 0.2) is 0 Å². The van der Waals surface area contributed by atoms with Crippen LogP contribution in [-0.4, -0.2) is 27.3 Å². The highest BCUT2D eigenvalue weighted by Gasteiger charge is 2.24. The highest BCUT2D eigenvalue weighted by atomic mass is 16.5. The molecule has 1 aliphatic heterocycles. The van der Waals surface area contributed by atoms with E-state index in [1.54, 1.807) is 0 Å². The number of rotatable bonds is 5. The summed E-state index contributed by atoms with van der Waals surface area (Å²) in [7, 11) is 2.00. The van der Waals surface area contributed by atoms with E-state index in [0.717, 1.165) is 18.8 Å². The third-order valence-corrected chi connectivity index (χ3v) is 4.62. The summed E-state index contributed by atoms with van der Waals surface area (Å²) < 4.78 is 7.66. The lowest BCUT2D eigenvalue weighted by atomic mass is 10.1. The van der Waals surface area contributed by atoms with E-state index in [4.69, 9.17) is 4.74 Å². The predicted octanol–water partition coefficient (Wildman–Crippen LogP) is 4.32. The number of aromatic nitrogens is 2. The maximum atomic E-state index is 5.75. The van der Waals surface area contributed by atoms with Crippen LogP contribution < -0.4 is 4.74 Å². The van der Waals surface area contributed by atoms with Gasteiger partial charge in [-0.05, 0) is 57.0 Å². The summed E-state index contributed by atoms with van der Waals surface area (Å²) in [5, 5.41) is 4.67. The Hall–Kier alpha value is -1.81. The van der Waals surface area contributed by atoms with Gasteiger partial charge in [-0.25, -0.2) is 0 Å². The fourth-order valence-electron chi connectivity index (χ4n) is 3.48. The topological polar surface area (TPSA) is 30.3 Å². The van der Waals surface area contributed by atoms with E-state index in [1.807, 2.05) is 11.7 Å². The first-order valence-corrected chi connectivity index (χ1v) is 9.11. The highest BCUT2D eigenvalue weighted by Crippen LogP contribution is 2.30. The fraction of sp³-hybridized carbons (Fsp3) is 0.550. The monoisotopic (exact) mass is 327 g/mol. The Kier molecular flexibility index (Phi) is 5.56. The molecule has 4 nitrogen and oxygen atoms in total. The summed E-state index contributed by atoms with van der Waals surface area (Å²) in [4.78, 5) is 2.59. The average Bonchev–Trinajstić information content (AvgIpc) is 2.84. The lowest BCUT2D eigenvalue weighted by Crippen LogP contribution is -2.28. The van der Waals surface area contributed by atoms with Gasteiger partial charge in [-0.15, -0.1) is 0 Å². The molecule has 130 valence electrons. The molecule has 0 N–H and O–H groups in total. The van der Waals surface area contributed by atoms with Gasteiger partial charge in [0.2, 0.25) is 0 Å². The van der Waals surface area contributed by atoms with E-state index in [1.165, 1.54) is 36.9 Å². The molecule has 2 heterocycles. The first-order valence-electron chi connectivity index (χ1n) is 9.11. The van der Waals surface area contributed by atoms with Gasteiger partial charge < -0.3 is 4.74 Å². The van der Waals surface area contributed by atoms with Crippen molar-refractivity contribution in [2.75, 3.05) is 6.54 Å². The van der Waals surface area contributed by atoms with Gasteiger partial charge in [0.1, 0.15) is 5.75 Å². The quantitative estimate of drug-likeness (QED) is 0.819. The molecular formula is C20H29N3O. The molecule has 1 unspecified atom stereocenters. The van der Waals surface area contributed by atoms with E-state index in [9.17, 15) is 0 Å². The smallest absolute Gasteiger partial charge is 0.119 e. The Morgan fingerprint density at radius 1 is 1.12 bits per heavy atom.